The summed E-state index contributed by atoms with van der Waals surface area (Å²) in [6, 6.07) is 24.7. The minimum Gasteiger partial charge on any atom is -0.378 e. The Labute approximate surface area is 189 Å². The van der Waals surface area contributed by atoms with Gasteiger partial charge < -0.3 is 15.1 Å². The predicted octanol–water partition coefficient (Wildman–Crippen LogP) is 4.87. The van der Waals surface area contributed by atoms with E-state index in [2.05, 4.69) is 63.6 Å². The fourth-order valence-electron chi connectivity index (χ4n) is 4.15. The summed E-state index contributed by atoms with van der Waals surface area (Å²) in [6.07, 6.45) is 1.38. The molecule has 0 spiro atoms. The molecule has 0 saturated carbocycles. The van der Waals surface area contributed by atoms with Crippen molar-refractivity contribution in [1.29, 1.82) is 0 Å². The van der Waals surface area contributed by atoms with Crippen molar-refractivity contribution >= 4 is 28.9 Å². The Bertz CT molecular complexity index is 1030. The molecule has 4 rings (SSSR count). The van der Waals surface area contributed by atoms with E-state index in [4.69, 9.17) is 11.6 Å². The van der Waals surface area contributed by atoms with E-state index < -0.39 is 0 Å². The van der Waals surface area contributed by atoms with Gasteiger partial charge in [-0.05, 0) is 53.4 Å². The first kappa shape index (κ1) is 21.3. The number of amides is 1. The van der Waals surface area contributed by atoms with Gasteiger partial charge in [-0.25, -0.2) is 0 Å². The number of nitrogens with zero attached hydrogens (tertiary/aromatic N) is 2. The molecule has 0 aromatic heterocycles. The van der Waals surface area contributed by atoms with Gasteiger partial charge in [-0.3, -0.25) is 4.79 Å². The van der Waals surface area contributed by atoms with Crippen LogP contribution in [0.2, 0.25) is 5.02 Å². The summed E-state index contributed by atoms with van der Waals surface area (Å²) in [7, 11) is 4.08. The summed E-state index contributed by atoms with van der Waals surface area (Å²) in [6.45, 7) is 1.51. The van der Waals surface area contributed by atoms with Gasteiger partial charge in [-0.1, -0.05) is 54.1 Å². The number of carbonyl (C=O) groups is 1. The van der Waals surface area contributed by atoms with Crippen LogP contribution in [0.1, 0.15) is 22.7 Å². The Hall–Kier alpha value is -2.98. The standard InChI is InChI=1S/C26H28ClN3O/c1-29(2)23-13-9-21(10-14-23)25(30-16-15-20-5-3-4-6-24(20)30)18-28-26(31)17-19-7-11-22(27)12-8-19/h3-14,25H,15-18H2,1-2H3,(H,28,31). The van der Waals surface area contributed by atoms with Crippen molar-refractivity contribution < 1.29 is 4.79 Å². The summed E-state index contributed by atoms with van der Waals surface area (Å²) in [5.41, 5.74) is 5.95. The molecule has 5 heteroatoms. The number of benzene rings is 3. The lowest BCUT2D eigenvalue weighted by Gasteiger charge is -2.31. The van der Waals surface area contributed by atoms with Gasteiger partial charge >= 0.3 is 0 Å². The lowest BCUT2D eigenvalue weighted by atomic mass is 10.0. The van der Waals surface area contributed by atoms with Crippen molar-refractivity contribution in [2.75, 3.05) is 37.0 Å². The molecule has 1 N–H and O–H groups in total. The molecule has 1 heterocycles. The predicted molar refractivity (Wildman–Crippen MR) is 129 cm³/mol. The summed E-state index contributed by atoms with van der Waals surface area (Å²) < 4.78 is 0. The largest absolute Gasteiger partial charge is 0.378 e. The van der Waals surface area contributed by atoms with Crippen LogP contribution in [0.25, 0.3) is 0 Å². The smallest absolute Gasteiger partial charge is 0.224 e. The molecule has 0 bridgehead atoms. The molecular formula is C26H28ClN3O. The highest BCUT2D eigenvalue weighted by molar-refractivity contribution is 6.30. The summed E-state index contributed by atoms with van der Waals surface area (Å²) in [5, 5.41) is 3.84. The maximum absolute atomic E-state index is 12.7. The number of nitrogens with one attached hydrogen (secondary N) is 1. The van der Waals surface area contributed by atoms with Gasteiger partial charge in [0.15, 0.2) is 0 Å². The summed E-state index contributed by atoms with van der Waals surface area (Å²) in [5.74, 6) is 0.0183. The molecule has 1 amide bonds. The molecule has 0 fully saturated rings. The second-order valence-electron chi connectivity index (χ2n) is 8.18. The molecule has 3 aromatic carbocycles. The number of hydrogen-bond acceptors (Lipinski definition) is 3. The third-order valence-corrected chi connectivity index (χ3v) is 6.12. The molecule has 1 atom stereocenters. The Morgan fingerprint density at radius 2 is 1.74 bits per heavy atom. The van der Waals surface area contributed by atoms with Crippen LogP contribution in [-0.4, -0.2) is 33.1 Å². The Morgan fingerprint density at radius 3 is 2.45 bits per heavy atom. The maximum Gasteiger partial charge on any atom is 0.224 e. The highest BCUT2D eigenvalue weighted by Gasteiger charge is 2.27. The van der Waals surface area contributed by atoms with Gasteiger partial charge in [0.2, 0.25) is 5.91 Å². The van der Waals surface area contributed by atoms with E-state index in [1.54, 1.807) is 0 Å². The average molecular weight is 434 g/mol. The monoisotopic (exact) mass is 433 g/mol. The topological polar surface area (TPSA) is 35.6 Å². The van der Waals surface area contributed by atoms with Crippen molar-refractivity contribution in [1.82, 2.24) is 5.32 Å². The number of fused-ring (bicyclic) bond motifs is 1. The van der Waals surface area contributed by atoms with Gasteiger partial charge in [-0.15, -0.1) is 0 Å². The van der Waals surface area contributed by atoms with E-state index >= 15 is 0 Å². The Morgan fingerprint density at radius 1 is 1.03 bits per heavy atom. The highest BCUT2D eigenvalue weighted by Crippen LogP contribution is 2.35. The van der Waals surface area contributed by atoms with E-state index in [0.717, 1.165) is 24.2 Å². The second kappa shape index (κ2) is 9.44. The van der Waals surface area contributed by atoms with Crippen molar-refractivity contribution in [2.24, 2.45) is 0 Å². The summed E-state index contributed by atoms with van der Waals surface area (Å²) in [4.78, 5) is 17.2. The third-order valence-electron chi connectivity index (χ3n) is 5.86. The van der Waals surface area contributed by atoms with E-state index in [1.165, 1.54) is 16.8 Å². The van der Waals surface area contributed by atoms with Crippen molar-refractivity contribution in [3.63, 3.8) is 0 Å². The zero-order valence-corrected chi connectivity index (χ0v) is 18.8. The molecule has 3 aromatic rings. The fourth-order valence-corrected chi connectivity index (χ4v) is 4.28. The Kier molecular flexibility index (Phi) is 6.47. The average Bonchev–Trinajstić information content (AvgIpc) is 3.20. The minimum atomic E-state index is 0.0183. The van der Waals surface area contributed by atoms with Gasteiger partial charge in [0.05, 0.1) is 12.5 Å². The van der Waals surface area contributed by atoms with Gasteiger partial charge in [0, 0.05) is 43.6 Å². The molecular weight excluding hydrogens is 406 g/mol. The zero-order chi connectivity index (χ0) is 21.8. The second-order valence-corrected chi connectivity index (χ2v) is 8.62. The van der Waals surface area contributed by atoms with Crippen LogP contribution in [0.5, 0.6) is 0 Å². The molecule has 1 aliphatic rings. The van der Waals surface area contributed by atoms with Crippen LogP contribution < -0.4 is 15.1 Å². The van der Waals surface area contributed by atoms with E-state index in [-0.39, 0.29) is 11.9 Å². The molecule has 0 saturated heterocycles. The lowest BCUT2D eigenvalue weighted by Crippen LogP contribution is -2.38. The Balaban J connectivity index is 1.52. The van der Waals surface area contributed by atoms with Crippen LogP contribution in [0.3, 0.4) is 0 Å². The number of halogens is 1. The van der Waals surface area contributed by atoms with Crippen LogP contribution in [0.15, 0.2) is 72.8 Å². The first-order chi connectivity index (χ1) is 15.0. The normalized spacial score (nSPS) is 13.6. The van der Waals surface area contributed by atoms with Gasteiger partial charge in [-0.2, -0.15) is 0 Å². The number of para-hydroxylation sites is 1. The SMILES string of the molecule is CN(C)c1ccc(C(CNC(=O)Cc2ccc(Cl)cc2)N2CCc3ccccc32)cc1. The van der Waals surface area contributed by atoms with Crippen molar-refractivity contribution in [3.8, 4) is 0 Å². The van der Waals surface area contributed by atoms with Crippen LogP contribution in [0.4, 0.5) is 11.4 Å². The minimum absolute atomic E-state index is 0.0183. The molecule has 160 valence electrons. The number of hydrogen-bond donors (Lipinski definition) is 1. The third kappa shape index (κ3) is 5.02. The first-order valence-corrected chi connectivity index (χ1v) is 11.0. The lowest BCUT2D eigenvalue weighted by molar-refractivity contribution is -0.120. The van der Waals surface area contributed by atoms with Crippen molar-refractivity contribution in [3.05, 3.63) is 94.5 Å². The number of rotatable bonds is 7. The van der Waals surface area contributed by atoms with E-state index in [1.807, 2.05) is 38.4 Å². The highest BCUT2D eigenvalue weighted by atomic mass is 35.5. The van der Waals surface area contributed by atoms with Crippen LogP contribution in [-0.2, 0) is 17.6 Å². The fraction of sp³-hybridized carbons (Fsp3) is 0.269. The quantitative estimate of drug-likeness (QED) is 0.577. The van der Waals surface area contributed by atoms with Gasteiger partial charge in [0.25, 0.3) is 0 Å². The first-order valence-electron chi connectivity index (χ1n) is 10.6. The molecule has 1 unspecified atom stereocenters. The van der Waals surface area contributed by atoms with E-state index in [0.29, 0.717) is 18.0 Å². The van der Waals surface area contributed by atoms with Gasteiger partial charge in [0.1, 0.15) is 0 Å². The van der Waals surface area contributed by atoms with Crippen LogP contribution >= 0.6 is 11.6 Å². The molecule has 1 aliphatic heterocycles. The van der Waals surface area contributed by atoms with E-state index in [9.17, 15) is 4.79 Å². The molecule has 0 aliphatic carbocycles. The number of anilines is 2. The zero-order valence-electron chi connectivity index (χ0n) is 18.0. The summed E-state index contributed by atoms with van der Waals surface area (Å²) >= 11 is 5.95. The molecule has 31 heavy (non-hydrogen) atoms. The molecule has 4 nitrogen and oxygen atoms in total. The number of carbonyl (C=O) groups excluding carboxylic acids is 1. The molecule has 0 radical (unpaired) electrons. The maximum atomic E-state index is 12.7. The van der Waals surface area contributed by atoms with Crippen molar-refractivity contribution in [2.45, 2.75) is 18.9 Å². The van der Waals surface area contributed by atoms with Crippen LogP contribution in [0, 0.1) is 0 Å².